The van der Waals surface area contributed by atoms with Crippen molar-refractivity contribution in [3.05, 3.63) is 0 Å². The van der Waals surface area contributed by atoms with E-state index in [2.05, 4.69) is 30.7 Å². The Hall–Kier alpha value is -0.120. The van der Waals surface area contributed by atoms with Gasteiger partial charge in [-0.05, 0) is 52.4 Å². The van der Waals surface area contributed by atoms with E-state index in [0.717, 1.165) is 13.1 Å². The quantitative estimate of drug-likeness (QED) is 0.722. The molecule has 0 bridgehead atoms. The molecule has 0 spiro atoms. The van der Waals surface area contributed by atoms with Crippen LogP contribution in [0.4, 0.5) is 0 Å². The lowest BCUT2D eigenvalue weighted by Gasteiger charge is -2.49. The van der Waals surface area contributed by atoms with Crippen LogP contribution < -0.4 is 5.73 Å². The summed E-state index contributed by atoms with van der Waals surface area (Å²) < 4.78 is 0. The smallest absolute Gasteiger partial charge is 0.0458 e. The van der Waals surface area contributed by atoms with Crippen LogP contribution in [0.2, 0.25) is 0 Å². The maximum atomic E-state index is 6.18. The summed E-state index contributed by atoms with van der Waals surface area (Å²) in [4.78, 5) is 5.16. The highest BCUT2D eigenvalue weighted by molar-refractivity contribution is 4.97. The second-order valence-electron chi connectivity index (χ2n) is 5.96. The Bertz CT molecular complexity index is 212. The second-order valence-corrected chi connectivity index (χ2v) is 5.96. The zero-order valence-electron chi connectivity index (χ0n) is 12.7. The van der Waals surface area contributed by atoms with Crippen molar-refractivity contribution in [3.8, 4) is 0 Å². The summed E-state index contributed by atoms with van der Waals surface area (Å²) in [5, 5.41) is 0. The molecule has 0 aromatic carbocycles. The largest absolute Gasteiger partial charge is 0.329 e. The van der Waals surface area contributed by atoms with Gasteiger partial charge in [-0.25, -0.2) is 0 Å². The summed E-state index contributed by atoms with van der Waals surface area (Å²) in [6.45, 7) is 10.2. The third kappa shape index (κ3) is 4.22. The predicted octanol–water partition coefficient (Wildman–Crippen LogP) is 2.31. The Balaban J connectivity index is 2.69. The van der Waals surface area contributed by atoms with E-state index in [9.17, 15) is 0 Å². The van der Waals surface area contributed by atoms with Gasteiger partial charge in [-0.2, -0.15) is 0 Å². The maximum absolute atomic E-state index is 6.18. The lowest BCUT2D eigenvalue weighted by molar-refractivity contribution is 0.0236. The molecule has 1 aliphatic rings. The van der Waals surface area contributed by atoms with Gasteiger partial charge in [-0.1, -0.05) is 26.7 Å². The van der Waals surface area contributed by atoms with E-state index >= 15 is 0 Å². The molecular weight excluding hydrogens is 222 g/mol. The van der Waals surface area contributed by atoms with Crippen LogP contribution >= 0.6 is 0 Å². The zero-order valence-corrected chi connectivity index (χ0v) is 12.7. The highest BCUT2D eigenvalue weighted by Gasteiger charge is 2.37. The van der Waals surface area contributed by atoms with E-state index < -0.39 is 0 Å². The van der Waals surface area contributed by atoms with Gasteiger partial charge in [0.1, 0.15) is 0 Å². The number of nitrogens with two attached hydrogens (primary N) is 1. The summed E-state index contributed by atoms with van der Waals surface area (Å²) >= 11 is 0. The Kier molecular flexibility index (Phi) is 7.20. The van der Waals surface area contributed by atoms with Gasteiger partial charge in [0.25, 0.3) is 0 Å². The Morgan fingerprint density at radius 2 is 1.78 bits per heavy atom. The average Bonchev–Trinajstić information content (AvgIpc) is 2.38. The van der Waals surface area contributed by atoms with Crippen molar-refractivity contribution in [3.63, 3.8) is 0 Å². The van der Waals surface area contributed by atoms with Crippen molar-refractivity contribution in [1.82, 2.24) is 9.80 Å². The summed E-state index contributed by atoms with van der Waals surface area (Å²) in [6, 6.07) is 0. The monoisotopic (exact) mass is 255 g/mol. The molecule has 1 saturated heterocycles. The molecule has 1 heterocycles. The Labute approximate surface area is 114 Å². The van der Waals surface area contributed by atoms with Gasteiger partial charge >= 0.3 is 0 Å². The summed E-state index contributed by atoms with van der Waals surface area (Å²) in [6.07, 6.45) is 7.73. The van der Waals surface area contributed by atoms with Crippen molar-refractivity contribution >= 4 is 0 Å². The summed E-state index contributed by atoms with van der Waals surface area (Å²) in [7, 11) is 2.24. The van der Waals surface area contributed by atoms with E-state index in [1.54, 1.807) is 0 Å². The topological polar surface area (TPSA) is 32.5 Å². The zero-order chi connectivity index (χ0) is 13.4. The molecule has 0 aromatic heterocycles. The Morgan fingerprint density at radius 1 is 1.17 bits per heavy atom. The number of hydrogen-bond acceptors (Lipinski definition) is 3. The first kappa shape index (κ1) is 15.9. The van der Waals surface area contributed by atoms with Crippen molar-refractivity contribution in [2.45, 2.75) is 57.9 Å². The molecule has 18 heavy (non-hydrogen) atoms. The molecule has 0 aromatic rings. The van der Waals surface area contributed by atoms with Crippen LogP contribution in [-0.2, 0) is 0 Å². The molecule has 0 radical (unpaired) electrons. The molecule has 1 atom stereocenters. The number of likely N-dealkylation sites (tertiary alicyclic amines) is 1. The Morgan fingerprint density at radius 3 is 2.22 bits per heavy atom. The minimum Gasteiger partial charge on any atom is -0.329 e. The van der Waals surface area contributed by atoms with Crippen molar-refractivity contribution in [1.29, 1.82) is 0 Å². The molecule has 3 nitrogen and oxygen atoms in total. The molecule has 1 unspecified atom stereocenters. The summed E-state index contributed by atoms with van der Waals surface area (Å²) in [5.41, 5.74) is 6.42. The van der Waals surface area contributed by atoms with E-state index in [0.29, 0.717) is 0 Å². The number of hydrogen-bond donors (Lipinski definition) is 1. The predicted molar refractivity (Wildman–Crippen MR) is 79.9 cm³/mol. The van der Waals surface area contributed by atoms with Crippen LogP contribution in [0.25, 0.3) is 0 Å². The standard InChI is InChI=1S/C15H33N3/c1-4-6-11-18(12-7-5-2)15(13-16)9-8-10-17(3)14-15/h4-14,16H2,1-3H3. The van der Waals surface area contributed by atoms with Crippen LogP contribution in [0.1, 0.15) is 52.4 Å². The molecule has 0 aliphatic carbocycles. The van der Waals surface area contributed by atoms with E-state index in [-0.39, 0.29) is 5.54 Å². The highest BCUT2D eigenvalue weighted by Crippen LogP contribution is 2.27. The molecule has 108 valence electrons. The van der Waals surface area contributed by atoms with E-state index in [1.165, 1.54) is 58.2 Å². The van der Waals surface area contributed by atoms with Gasteiger partial charge in [0, 0.05) is 18.6 Å². The first-order valence-corrected chi connectivity index (χ1v) is 7.82. The van der Waals surface area contributed by atoms with Crippen molar-refractivity contribution in [2.75, 3.05) is 39.8 Å². The van der Waals surface area contributed by atoms with Gasteiger partial charge < -0.3 is 10.6 Å². The number of likely N-dealkylation sites (N-methyl/N-ethyl adjacent to an activating group) is 1. The number of rotatable bonds is 8. The number of unbranched alkanes of at least 4 members (excludes halogenated alkanes) is 2. The first-order chi connectivity index (χ1) is 8.68. The average molecular weight is 255 g/mol. The van der Waals surface area contributed by atoms with Gasteiger partial charge in [0.15, 0.2) is 0 Å². The van der Waals surface area contributed by atoms with Crippen molar-refractivity contribution < 1.29 is 0 Å². The van der Waals surface area contributed by atoms with Gasteiger partial charge in [0.05, 0.1) is 0 Å². The molecular formula is C15H33N3. The SMILES string of the molecule is CCCCN(CCCC)C1(CN)CCCN(C)C1. The van der Waals surface area contributed by atoms with Crippen molar-refractivity contribution in [2.24, 2.45) is 5.73 Å². The van der Waals surface area contributed by atoms with Gasteiger partial charge in [-0.15, -0.1) is 0 Å². The minimum atomic E-state index is 0.247. The number of nitrogens with zero attached hydrogens (tertiary/aromatic N) is 2. The fraction of sp³-hybridized carbons (Fsp3) is 1.00. The fourth-order valence-corrected chi connectivity index (χ4v) is 3.18. The van der Waals surface area contributed by atoms with E-state index in [1.807, 2.05) is 0 Å². The van der Waals surface area contributed by atoms with Crippen LogP contribution in [0.5, 0.6) is 0 Å². The lowest BCUT2D eigenvalue weighted by atomic mass is 9.86. The highest BCUT2D eigenvalue weighted by atomic mass is 15.3. The molecule has 1 rings (SSSR count). The molecule has 3 heteroatoms. The third-order valence-corrected chi connectivity index (χ3v) is 4.36. The first-order valence-electron chi connectivity index (χ1n) is 7.82. The fourth-order valence-electron chi connectivity index (χ4n) is 3.18. The van der Waals surface area contributed by atoms with Crippen LogP contribution in [0.15, 0.2) is 0 Å². The van der Waals surface area contributed by atoms with E-state index in [4.69, 9.17) is 5.73 Å². The molecule has 0 amide bonds. The minimum absolute atomic E-state index is 0.247. The normalized spacial score (nSPS) is 25.8. The molecule has 2 N–H and O–H groups in total. The third-order valence-electron chi connectivity index (χ3n) is 4.36. The molecule has 0 saturated carbocycles. The van der Waals surface area contributed by atoms with Crippen LogP contribution in [0.3, 0.4) is 0 Å². The molecule has 1 aliphatic heterocycles. The maximum Gasteiger partial charge on any atom is 0.0458 e. The van der Waals surface area contributed by atoms with Gasteiger partial charge in [-0.3, -0.25) is 4.90 Å². The van der Waals surface area contributed by atoms with Crippen LogP contribution in [-0.4, -0.2) is 55.1 Å². The second kappa shape index (κ2) is 8.13. The van der Waals surface area contributed by atoms with Gasteiger partial charge in [0.2, 0.25) is 0 Å². The number of piperidine rings is 1. The lowest BCUT2D eigenvalue weighted by Crippen LogP contribution is -2.62. The molecule has 1 fully saturated rings. The van der Waals surface area contributed by atoms with Crippen LogP contribution in [0, 0.1) is 0 Å². The summed E-state index contributed by atoms with van der Waals surface area (Å²) in [5.74, 6) is 0.